The van der Waals surface area contributed by atoms with Crippen molar-refractivity contribution in [2.24, 2.45) is 5.73 Å². The molecule has 7 heteroatoms. The fraction of sp³-hybridized carbons (Fsp3) is 0.0526. The molecule has 0 saturated heterocycles. The minimum absolute atomic E-state index is 0.0371. The van der Waals surface area contributed by atoms with E-state index < -0.39 is 5.91 Å². The summed E-state index contributed by atoms with van der Waals surface area (Å²) in [6, 6.07) is 16.0. The molecule has 1 aromatic heterocycles. The number of aromatic nitrogens is 1. The first kappa shape index (κ1) is 18.0. The lowest BCUT2D eigenvalue weighted by molar-refractivity contribution is 0.0998. The van der Waals surface area contributed by atoms with Gasteiger partial charge in [0.2, 0.25) is 0 Å². The molecule has 0 aliphatic rings. The highest BCUT2D eigenvalue weighted by molar-refractivity contribution is 6.31. The SMILES string of the molecule is N=c1c(C(N)=O)cc(Cl)cn1Cc1c(Cl)cccc1Oc1ccccc1. The molecule has 1 heterocycles. The number of pyridine rings is 1. The van der Waals surface area contributed by atoms with Gasteiger partial charge in [-0.05, 0) is 30.3 Å². The van der Waals surface area contributed by atoms with Crippen LogP contribution in [0.15, 0.2) is 60.8 Å². The van der Waals surface area contributed by atoms with Crippen LogP contribution in [0.4, 0.5) is 0 Å². The number of benzene rings is 2. The van der Waals surface area contributed by atoms with Crippen LogP contribution in [0.1, 0.15) is 15.9 Å². The van der Waals surface area contributed by atoms with Crippen LogP contribution in [0, 0.1) is 5.41 Å². The van der Waals surface area contributed by atoms with E-state index in [-0.39, 0.29) is 17.6 Å². The molecule has 0 saturated carbocycles. The molecular weight excluding hydrogens is 373 g/mol. The number of carbonyl (C=O) groups is 1. The normalized spacial score (nSPS) is 10.5. The molecule has 3 rings (SSSR count). The van der Waals surface area contributed by atoms with E-state index in [4.69, 9.17) is 39.1 Å². The first-order valence-electron chi connectivity index (χ1n) is 7.70. The summed E-state index contributed by atoms with van der Waals surface area (Å²) in [6.07, 6.45) is 1.55. The van der Waals surface area contributed by atoms with Crippen molar-refractivity contribution in [3.8, 4) is 11.5 Å². The number of rotatable bonds is 5. The molecule has 2 aromatic carbocycles. The average Bonchev–Trinajstić information content (AvgIpc) is 2.61. The van der Waals surface area contributed by atoms with Crippen LogP contribution in [0.5, 0.6) is 11.5 Å². The molecule has 3 N–H and O–H groups in total. The number of ether oxygens (including phenoxy) is 1. The Bertz CT molecular complexity index is 1020. The third-order valence-corrected chi connectivity index (χ3v) is 4.31. The van der Waals surface area contributed by atoms with Gasteiger partial charge in [-0.1, -0.05) is 47.5 Å². The van der Waals surface area contributed by atoms with Crippen LogP contribution in [-0.4, -0.2) is 10.5 Å². The maximum atomic E-state index is 11.5. The highest BCUT2D eigenvalue weighted by Gasteiger charge is 2.13. The van der Waals surface area contributed by atoms with Gasteiger partial charge in [-0.3, -0.25) is 10.2 Å². The number of hydrogen-bond donors (Lipinski definition) is 2. The number of nitrogens with two attached hydrogens (primary N) is 1. The highest BCUT2D eigenvalue weighted by Crippen LogP contribution is 2.31. The predicted molar refractivity (Wildman–Crippen MR) is 101 cm³/mol. The second kappa shape index (κ2) is 7.64. The maximum absolute atomic E-state index is 11.5. The molecule has 0 unspecified atom stereocenters. The van der Waals surface area contributed by atoms with Gasteiger partial charge in [0.1, 0.15) is 17.0 Å². The van der Waals surface area contributed by atoms with Crippen molar-refractivity contribution >= 4 is 29.1 Å². The Hall–Kier alpha value is -2.76. The quantitative estimate of drug-likeness (QED) is 0.687. The molecule has 1 amide bonds. The zero-order valence-electron chi connectivity index (χ0n) is 13.6. The standard InChI is InChI=1S/C19H15Cl2N3O2/c20-12-9-14(19(23)25)18(22)24(10-12)11-15-16(21)7-4-8-17(15)26-13-5-2-1-3-6-13/h1-10,22H,11H2,(H2,23,25). The summed E-state index contributed by atoms with van der Waals surface area (Å²) < 4.78 is 7.43. The molecule has 0 fully saturated rings. The summed E-state index contributed by atoms with van der Waals surface area (Å²) in [7, 11) is 0. The van der Waals surface area contributed by atoms with Crippen LogP contribution >= 0.6 is 23.2 Å². The first-order valence-corrected chi connectivity index (χ1v) is 8.46. The molecule has 0 spiro atoms. The minimum atomic E-state index is -0.717. The summed E-state index contributed by atoms with van der Waals surface area (Å²) in [4.78, 5) is 11.5. The van der Waals surface area contributed by atoms with E-state index in [9.17, 15) is 4.79 Å². The zero-order valence-corrected chi connectivity index (χ0v) is 15.1. The van der Waals surface area contributed by atoms with Crippen molar-refractivity contribution in [2.75, 3.05) is 0 Å². The van der Waals surface area contributed by atoms with Crippen molar-refractivity contribution in [2.45, 2.75) is 6.54 Å². The molecule has 0 aliphatic carbocycles. The molecule has 0 radical (unpaired) electrons. The monoisotopic (exact) mass is 387 g/mol. The second-order valence-corrected chi connectivity index (χ2v) is 6.39. The lowest BCUT2D eigenvalue weighted by Gasteiger charge is -2.15. The number of para-hydroxylation sites is 1. The molecule has 0 atom stereocenters. The van der Waals surface area contributed by atoms with Crippen LogP contribution in [0.25, 0.3) is 0 Å². The lowest BCUT2D eigenvalue weighted by Crippen LogP contribution is -2.30. The Morgan fingerprint density at radius 3 is 2.54 bits per heavy atom. The largest absolute Gasteiger partial charge is 0.457 e. The van der Waals surface area contributed by atoms with Gasteiger partial charge in [-0.25, -0.2) is 0 Å². The maximum Gasteiger partial charge on any atom is 0.252 e. The van der Waals surface area contributed by atoms with Crippen LogP contribution in [-0.2, 0) is 6.54 Å². The number of nitrogens with one attached hydrogen (secondary N) is 1. The van der Waals surface area contributed by atoms with E-state index in [1.165, 1.54) is 10.6 Å². The Kier molecular flexibility index (Phi) is 5.30. The molecule has 26 heavy (non-hydrogen) atoms. The van der Waals surface area contributed by atoms with Crippen LogP contribution < -0.4 is 16.0 Å². The molecule has 5 nitrogen and oxygen atoms in total. The number of carbonyl (C=O) groups excluding carboxylic acids is 1. The van der Waals surface area contributed by atoms with Crippen molar-refractivity contribution in [1.29, 1.82) is 5.41 Å². The van der Waals surface area contributed by atoms with Gasteiger partial charge in [-0.2, -0.15) is 0 Å². The van der Waals surface area contributed by atoms with Gasteiger partial charge >= 0.3 is 0 Å². The van der Waals surface area contributed by atoms with E-state index in [0.29, 0.717) is 27.1 Å². The zero-order chi connectivity index (χ0) is 18.7. The number of primary amides is 1. The van der Waals surface area contributed by atoms with Gasteiger partial charge in [-0.15, -0.1) is 0 Å². The van der Waals surface area contributed by atoms with Crippen molar-refractivity contribution < 1.29 is 9.53 Å². The van der Waals surface area contributed by atoms with E-state index in [1.807, 2.05) is 30.3 Å². The fourth-order valence-electron chi connectivity index (χ4n) is 2.50. The Balaban J connectivity index is 2.03. The third-order valence-electron chi connectivity index (χ3n) is 3.74. The van der Waals surface area contributed by atoms with Crippen molar-refractivity contribution in [3.05, 3.63) is 87.5 Å². The molecule has 132 valence electrons. The van der Waals surface area contributed by atoms with Gasteiger partial charge in [0, 0.05) is 16.8 Å². The highest BCUT2D eigenvalue weighted by atomic mass is 35.5. The van der Waals surface area contributed by atoms with E-state index >= 15 is 0 Å². The van der Waals surface area contributed by atoms with Crippen LogP contribution in [0.2, 0.25) is 10.0 Å². The molecule has 0 aliphatic heterocycles. The number of amides is 1. The number of nitrogens with zero attached hydrogens (tertiary/aromatic N) is 1. The summed E-state index contributed by atoms with van der Waals surface area (Å²) in [5, 5.41) is 8.98. The second-order valence-electron chi connectivity index (χ2n) is 5.54. The topological polar surface area (TPSA) is 81.1 Å². The summed E-state index contributed by atoms with van der Waals surface area (Å²) in [5.74, 6) is 0.499. The van der Waals surface area contributed by atoms with Crippen LogP contribution in [0.3, 0.4) is 0 Å². The van der Waals surface area contributed by atoms with Gasteiger partial charge in [0.15, 0.2) is 0 Å². The molecule has 0 bridgehead atoms. The Labute approximate surface area is 160 Å². The third kappa shape index (κ3) is 3.90. The number of halogens is 2. The van der Waals surface area contributed by atoms with Gasteiger partial charge in [0.25, 0.3) is 5.91 Å². The van der Waals surface area contributed by atoms with Gasteiger partial charge < -0.3 is 15.0 Å². The number of hydrogen-bond acceptors (Lipinski definition) is 3. The molecular formula is C19H15Cl2N3O2. The summed E-state index contributed by atoms with van der Waals surface area (Å²) in [5.41, 5.74) is 5.98. The predicted octanol–water partition coefficient (Wildman–Crippen LogP) is 4.21. The minimum Gasteiger partial charge on any atom is -0.457 e. The van der Waals surface area contributed by atoms with E-state index in [1.54, 1.807) is 24.4 Å². The van der Waals surface area contributed by atoms with Gasteiger partial charge in [0.05, 0.1) is 17.1 Å². The van der Waals surface area contributed by atoms with E-state index in [0.717, 1.165) is 0 Å². The summed E-state index contributed by atoms with van der Waals surface area (Å²) in [6.45, 7) is 0.196. The van der Waals surface area contributed by atoms with E-state index in [2.05, 4.69) is 0 Å². The Morgan fingerprint density at radius 2 is 1.85 bits per heavy atom. The smallest absolute Gasteiger partial charge is 0.252 e. The lowest BCUT2D eigenvalue weighted by atomic mass is 10.1. The van der Waals surface area contributed by atoms with Crippen molar-refractivity contribution in [3.63, 3.8) is 0 Å². The first-order chi connectivity index (χ1) is 12.5. The van der Waals surface area contributed by atoms with Crippen molar-refractivity contribution in [1.82, 2.24) is 4.57 Å². The average molecular weight is 388 g/mol. The fourth-order valence-corrected chi connectivity index (χ4v) is 2.95. The Morgan fingerprint density at radius 1 is 1.12 bits per heavy atom. The molecule has 3 aromatic rings. The summed E-state index contributed by atoms with van der Waals surface area (Å²) >= 11 is 12.4.